The minimum atomic E-state index is -0.556. The van der Waals surface area contributed by atoms with Gasteiger partial charge in [0.2, 0.25) is 0 Å². The molecule has 12 heteroatoms. The van der Waals surface area contributed by atoms with Crippen LogP contribution in [0.1, 0.15) is 160 Å². The number of nitrogens with two attached hydrogens (primary N) is 1. The van der Waals surface area contributed by atoms with E-state index in [-0.39, 0.29) is 60.5 Å². The zero-order valence-electron chi connectivity index (χ0n) is 43.4. The molecule has 0 saturated carbocycles. The van der Waals surface area contributed by atoms with E-state index in [1.54, 1.807) is 45.0 Å². The molecule has 4 rings (SSSR count). The van der Waals surface area contributed by atoms with E-state index in [0.717, 1.165) is 0 Å². The molecule has 0 bridgehead atoms. The molecule has 378 valence electrons. The lowest BCUT2D eigenvalue weighted by Crippen LogP contribution is -2.34. The van der Waals surface area contributed by atoms with Crippen molar-refractivity contribution in [2.24, 2.45) is 5.73 Å². The molecule has 0 radical (unpaired) electrons. The highest BCUT2D eigenvalue weighted by Crippen LogP contribution is 2.27. The fourth-order valence-corrected chi connectivity index (χ4v) is 5.47. The van der Waals surface area contributed by atoms with E-state index in [0.29, 0.717) is 29.5 Å². The molecule has 0 aromatic heterocycles. The molecule has 0 unspecified atom stereocenters. The zero-order valence-corrected chi connectivity index (χ0v) is 43.4. The van der Waals surface area contributed by atoms with Gasteiger partial charge in [-0.05, 0) is 127 Å². The highest BCUT2D eigenvalue weighted by atomic mass is 16.6. The summed E-state index contributed by atoms with van der Waals surface area (Å²) in [7, 11) is 0. The Labute approximate surface area is 409 Å². The molecule has 0 spiro atoms. The molecule has 12 nitrogen and oxygen atoms in total. The summed E-state index contributed by atoms with van der Waals surface area (Å²) < 4.78 is 20.6. The molecule has 0 fully saturated rings. The Hall–Kier alpha value is -5.88. The summed E-state index contributed by atoms with van der Waals surface area (Å²) in [5, 5.41) is 14.2. The van der Waals surface area contributed by atoms with Crippen LogP contribution in [0.4, 0.5) is 9.59 Å². The van der Waals surface area contributed by atoms with Crippen molar-refractivity contribution in [1.82, 2.24) is 10.6 Å². The van der Waals surface area contributed by atoms with Crippen LogP contribution in [-0.2, 0) is 36.0 Å². The predicted octanol–water partition coefficient (Wildman–Crippen LogP) is 12.8. The highest BCUT2D eigenvalue weighted by molar-refractivity contribution is 5.74. The van der Waals surface area contributed by atoms with Gasteiger partial charge in [0.05, 0.1) is 12.8 Å². The number of alkyl carbamates (subject to hydrolysis) is 1. The van der Waals surface area contributed by atoms with E-state index in [1.807, 2.05) is 86.6 Å². The van der Waals surface area contributed by atoms with Crippen LogP contribution in [0.15, 0.2) is 97.1 Å². The molecule has 0 saturated heterocycles. The first-order valence-corrected chi connectivity index (χ1v) is 22.9. The molecule has 0 atom stereocenters. The van der Waals surface area contributed by atoms with Gasteiger partial charge in [-0.25, -0.2) is 9.59 Å². The summed E-state index contributed by atoms with van der Waals surface area (Å²) in [4.78, 5) is 45.8. The van der Waals surface area contributed by atoms with Crippen LogP contribution in [-0.4, -0.2) is 54.0 Å². The molecular formula is C56H85N3O9. The van der Waals surface area contributed by atoms with Crippen molar-refractivity contribution in [2.45, 2.75) is 171 Å². The molecule has 0 heterocycles. The van der Waals surface area contributed by atoms with Crippen molar-refractivity contribution < 1.29 is 43.2 Å². The number of phenolic OH excluding ortho intramolecular Hbond substituents is 1. The number of hydrogen-bond acceptors (Lipinski definition) is 10. The molecule has 68 heavy (non-hydrogen) atoms. The monoisotopic (exact) mass is 944 g/mol. The van der Waals surface area contributed by atoms with Crippen LogP contribution >= 0.6 is 0 Å². The smallest absolute Gasteiger partial charge is 0.412 e. The SMILES string of the molecule is C.CC(C)(C)OC(=O)NCCC(=O)Oc1ccc(C(C)(C)C)cc1.CC(C)(C)c1ccc(O)cc1.CC(C)(C)c1ccc(OC(=O)CCN)cc1.CC(C)NC(=O)Oc1ccc(C(C)(C)C)cc1. The van der Waals surface area contributed by atoms with Crippen LogP contribution in [0, 0.1) is 0 Å². The van der Waals surface area contributed by atoms with Gasteiger partial charge >= 0.3 is 24.1 Å². The average Bonchev–Trinajstić information content (AvgIpc) is 3.17. The summed E-state index contributed by atoms with van der Waals surface area (Å²) in [5.74, 6) is 1.29. The van der Waals surface area contributed by atoms with Crippen molar-refractivity contribution in [3.63, 3.8) is 0 Å². The maximum atomic E-state index is 11.7. The van der Waals surface area contributed by atoms with Gasteiger partial charge in [-0.15, -0.1) is 0 Å². The first kappa shape index (κ1) is 62.1. The fraction of sp³-hybridized carbons (Fsp3) is 0.500. The van der Waals surface area contributed by atoms with E-state index in [4.69, 9.17) is 29.8 Å². The number of ether oxygens (including phenoxy) is 4. The normalized spacial score (nSPS) is 11.3. The van der Waals surface area contributed by atoms with Gasteiger partial charge in [-0.1, -0.05) is 139 Å². The quantitative estimate of drug-likeness (QED) is 0.0933. The number of phenols is 1. The first-order valence-electron chi connectivity index (χ1n) is 22.9. The van der Waals surface area contributed by atoms with E-state index in [2.05, 4.69) is 93.7 Å². The van der Waals surface area contributed by atoms with Crippen molar-refractivity contribution in [2.75, 3.05) is 13.1 Å². The van der Waals surface area contributed by atoms with Gasteiger partial charge in [-0.2, -0.15) is 0 Å². The van der Waals surface area contributed by atoms with E-state index >= 15 is 0 Å². The maximum Gasteiger partial charge on any atom is 0.412 e. The second-order valence-electron chi connectivity index (χ2n) is 21.5. The van der Waals surface area contributed by atoms with Crippen LogP contribution in [0.2, 0.25) is 0 Å². The highest BCUT2D eigenvalue weighted by Gasteiger charge is 2.18. The lowest BCUT2D eigenvalue weighted by molar-refractivity contribution is -0.135. The van der Waals surface area contributed by atoms with Gasteiger partial charge in [0.15, 0.2) is 0 Å². The number of carbonyl (C=O) groups excluding carboxylic acids is 4. The molecule has 0 aliphatic carbocycles. The summed E-state index contributed by atoms with van der Waals surface area (Å²) in [5.41, 5.74) is 10.0. The van der Waals surface area contributed by atoms with E-state index in [1.165, 1.54) is 22.3 Å². The van der Waals surface area contributed by atoms with Gasteiger partial charge in [-0.3, -0.25) is 9.59 Å². The lowest BCUT2D eigenvalue weighted by atomic mass is 9.87. The van der Waals surface area contributed by atoms with Crippen LogP contribution in [0.5, 0.6) is 23.0 Å². The minimum Gasteiger partial charge on any atom is -0.508 e. The van der Waals surface area contributed by atoms with Crippen LogP contribution in [0.25, 0.3) is 0 Å². The summed E-state index contributed by atoms with van der Waals surface area (Å²) in [6.07, 6.45) is -0.621. The third-order valence-corrected chi connectivity index (χ3v) is 9.32. The number of nitrogens with one attached hydrogen (secondary N) is 2. The lowest BCUT2D eigenvalue weighted by Gasteiger charge is -2.19. The molecule has 5 N–H and O–H groups in total. The zero-order chi connectivity index (χ0) is 51.4. The van der Waals surface area contributed by atoms with Crippen LogP contribution in [0.3, 0.4) is 0 Å². The summed E-state index contributed by atoms with van der Waals surface area (Å²) >= 11 is 0. The number of rotatable bonds is 9. The number of carbonyl (C=O) groups is 4. The van der Waals surface area contributed by atoms with Crippen molar-refractivity contribution >= 4 is 24.1 Å². The van der Waals surface area contributed by atoms with Crippen molar-refractivity contribution in [1.29, 1.82) is 0 Å². The van der Waals surface area contributed by atoms with Crippen LogP contribution < -0.4 is 30.6 Å². The number of hydrogen-bond donors (Lipinski definition) is 4. The largest absolute Gasteiger partial charge is 0.508 e. The molecule has 2 amide bonds. The molecule has 4 aromatic rings. The first-order chi connectivity index (χ1) is 30.7. The van der Waals surface area contributed by atoms with Crippen molar-refractivity contribution in [3.05, 3.63) is 119 Å². The molecular weight excluding hydrogens is 859 g/mol. The third-order valence-electron chi connectivity index (χ3n) is 9.32. The van der Waals surface area contributed by atoms with E-state index < -0.39 is 23.8 Å². The fourth-order valence-electron chi connectivity index (χ4n) is 5.47. The topological polar surface area (TPSA) is 176 Å². The summed E-state index contributed by atoms with van der Waals surface area (Å²) in [6.45, 7) is 35.3. The van der Waals surface area contributed by atoms with Gasteiger partial charge in [0.1, 0.15) is 28.6 Å². The summed E-state index contributed by atoms with van der Waals surface area (Å²) in [6, 6.07) is 30.1. The van der Waals surface area contributed by atoms with Crippen molar-refractivity contribution in [3.8, 4) is 23.0 Å². The van der Waals surface area contributed by atoms with E-state index in [9.17, 15) is 19.2 Å². The second-order valence-corrected chi connectivity index (χ2v) is 21.5. The Morgan fingerprint density at radius 3 is 1.10 bits per heavy atom. The minimum absolute atomic E-state index is 0. The second kappa shape index (κ2) is 27.8. The molecule has 0 aliphatic heterocycles. The number of esters is 2. The third kappa shape index (κ3) is 27.1. The maximum absolute atomic E-state index is 11.7. The Kier molecular flexibility index (Phi) is 25.4. The molecule has 0 aliphatic rings. The van der Waals surface area contributed by atoms with Gasteiger partial charge < -0.3 is 40.4 Å². The standard InChI is InChI=1S/C18H27NO4.C14H21NO2.C13H19NO2.C10H14O.CH4/c1-17(2,3)13-7-9-14(10-8-13)22-15(20)11-12-19-16(21)23-18(4,5)6;1-10(2)15-13(16)17-12-8-6-11(7-9-12)14(3,4)5;1-13(2,3)10-4-6-11(7-5-10)16-12(15)8-9-14;1-10(2,3)8-4-6-9(11)7-5-8;/h7-10H,11-12H2,1-6H3,(H,19,21);6-10H,1-5H3,(H,15,16);4-7H,8-9,14H2,1-3H3;4-7,11H,1-3H3;1H4. The predicted molar refractivity (Wildman–Crippen MR) is 277 cm³/mol. The number of aromatic hydroxyl groups is 1. The average molecular weight is 944 g/mol. The van der Waals surface area contributed by atoms with Gasteiger partial charge in [0.25, 0.3) is 0 Å². The Morgan fingerprint density at radius 2 is 0.809 bits per heavy atom. The number of benzene rings is 4. The Balaban J connectivity index is 0.000000901. The Morgan fingerprint density at radius 1 is 0.500 bits per heavy atom. The molecule has 4 aromatic carbocycles. The Bertz CT molecular complexity index is 2090. The van der Waals surface area contributed by atoms with Gasteiger partial charge in [0, 0.05) is 19.1 Å². The number of amides is 2.